The Morgan fingerprint density at radius 2 is 1.23 bits per heavy atom. The van der Waals surface area contributed by atoms with Gasteiger partial charge in [-0.05, 0) is 60.2 Å². The third-order valence-electron chi connectivity index (χ3n) is 4.14. The van der Waals surface area contributed by atoms with Crippen LogP contribution in [0.1, 0.15) is 16.7 Å². The molecule has 0 N–H and O–H groups in total. The fraction of sp³-hybridized carbons (Fsp3) is 0.143. The first-order chi connectivity index (χ1) is 10.6. The van der Waals surface area contributed by atoms with Gasteiger partial charge in [-0.25, -0.2) is 0 Å². The van der Waals surface area contributed by atoms with E-state index < -0.39 is 0 Å². The van der Waals surface area contributed by atoms with E-state index in [1.54, 1.807) is 0 Å². The molecule has 0 atom stereocenters. The number of rotatable bonds is 2. The first-order valence-electron chi connectivity index (χ1n) is 7.53. The molecule has 22 heavy (non-hydrogen) atoms. The smallest absolute Gasteiger partial charge is 0.0122 e. The van der Waals surface area contributed by atoms with Gasteiger partial charge in [0.1, 0.15) is 0 Å². The molecule has 0 radical (unpaired) electrons. The summed E-state index contributed by atoms with van der Waals surface area (Å²) in [5.41, 5.74) is 8.86. The minimum Gasteiger partial charge on any atom is -0.143 e. The molecule has 0 aliphatic heterocycles. The summed E-state index contributed by atoms with van der Waals surface area (Å²) < 4.78 is 0. The number of hydrogen-bond donors (Lipinski definition) is 1. The number of thiol groups is 1. The van der Waals surface area contributed by atoms with Gasteiger partial charge in [0.2, 0.25) is 0 Å². The van der Waals surface area contributed by atoms with E-state index in [0.717, 1.165) is 4.90 Å². The van der Waals surface area contributed by atoms with Crippen LogP contribution in [0.25, 0.3) is 22.3 Å². The van der Waals surface area contributed by atoms with Crippen LogP contribution in [0.4, 0.5) is 0 Å². The average molecular weight is 304 g/mol. The summed E-state index contributed by atoms with van der Waals surface area (Å²) in [7, 11) is 0. The average Bonchev–Trinajstić information content (AvgIpc) is 2.49. The van der Waals surface area contributed by atoms with E-state index in [-0.39, 0.29) is 0 Å². The number of benzene rings is 3. The zero-order valence-electron chi connectivity index (χ0n) is 13.2. The van der Waals surface area contributed by atoms with Gasteiger partial charge in [0, 0.05) is 4.90 Å². The summed E-state index contributed by atoms with van der Waals surface area (Å²) in [4.78, 5) is 1.03. The molecule has 0 fully saturated rings. The van der Waals surface area contributed by atoms with E-state index in [4.69, 9.17) is 12.6 Å². The predicted octanol–water partition coefficient (Wildman–Crippen LogP) is 6.23. The summed E-state index contributed by atoms with van der Waals surface area (Å²) in [5, 5.41) is 0. The van der Waals surface area contributed by atoms with Crippen molar-refractivity contribution in [2.24, 2.45) is 0 Å². The highest BCUT2D eigenvalue weighted by molar-refractivity contribution is 7.80. The van der Waals surface area contributed by atoms with E-state index in [2.05, 4.69) is 81.4 Å². The molecule has 0 amide bonds. The molecule has 0 bridgehead atoms. The van der Waals surface area contributed by atoms with Crippen molar-refractivity contribution in [2.45, 2.75) is 25.7 Å². The van der Waals surface area contributed by atoms with Gasteiger partial charge < -0.3 is 0 Å². The van der Waals surface area contributed by atoms with Gasteiger partial charge in [-0.1, -0.05) is 60.2 Å². The topological polar surface area (TPSA) is 0 Å². The van der Waals surface area contributed by atoms with Crippen molar-refractivity contribution in [3.8, 4) is 22.3 Å². The second kappa shape index (κ2) is 6.02. The van der Waals surface area contributed by atoms with E-state index in [0.29, 0.717) is 0 Å². The number of hydrogen-bond acceptors (Lipinski definition) is 1. The van der Waals surface area contributed by atoms with Crippen LogP contribution in [-0.4, -0.2) is 0 Å². The summed E-state index contributed by atoms with van der Waals surface area (Å²) >= 11 is 4.70. The SMILES string of the molecule is Cc1ccc(-c2cccc(C)c2-c2c(C)cccc2S)cc1. The van der Waals surface area contributed by atoms with Crippen LogP contribution in [0, 0.1) is 20.8 Å². The fourth-order valence-electron chi connectivity index (χ4n) is 2.95. The van der Waals surface area contributed by atoms with Crippen LogP contribution >= 0.6 is 12.6 Å². The lowest BCUT2D eigenvalue weighted by Crippen LogP contribution is -1.93. The monoisotopic (exact) mass is 304 g/mol. The molecule has 0 spiro atoms. The summed E-state index contributed by atoms with van der Waals surface area (Å²) in [6, 6.07) is 21.5. The van der Waals surface area contributed by atoms with Gasteiger partial charge in [0.15, 0.2) is 0 Å². The molecule has 110 valence electrons. The fourth-order valence-corrected chi connectivity index (χ4v) is 3.33. The molecule has 0 unspecified atom stereocenters. The predicted molar refractivity (Wildman–Crippen MR) is 98.8 cm³/mol. The van der Waals surface area contributed by atoms with Gasteiger partial charge in [0.25, 0.3) is 0 Å². The largest absolute Gasteiger partial charge is 0.143 e. The molecule has 3 aromatic carbocycles. The summed E-state index contributed by atoms with van der Waals surface area (Å²) in [6.45, 7) is 6.45. The molecular formula is C21H20S. The number of aryl methyl sites for hydroxylation is 3. The second-order valence-electron chi connectivity index (χ2n) is 5.83. The van der Waals surface area contributed by atoms with Crippen LogP contribution in [-0.2, 0) is 0 Å². The maximum atomic E-state index is 4.70. The van der Waals surface area contributed by atoms with Gasteiger partial charge in [-0.3, -0.25) is 0 Å². The van der Waals surface area contributed by atoms with E-state index >= 15 is 0 Å². The lowest BCUT2D eigenvalue weighted by atomic mass is 9.89. The van der Waals surface area contributed by atoms with Crippen LogP contribution in [0.5, 0.6) is 0 Å². The Bertz CT molecular complexity index is 794. The first kappa shape index (κ1) is 14.9. The van der Waals surface area contributed by atoms with Crippen LogP contribution < -0.4 is 0 Å². The first-order valence-corrected chi connectivity index (χ1v) is 7.98. The van der Waals surface area contributed by atoms with Gasteiger partial charge in [-0.2, -0.15) is 0 Å². The van der Waals surface area contributed by atoms with E-state index in [1.807, 2.05) is 0 Å². The molecule has 0 aliphatic rings. The van der Waals surface area contributed by atoms with Crippen LogP contribution in [0.15, 0.2) is 65.6 Å². The van der Waals surface area contributed by atoms with Crippen molar-refractivity contribution >= 4 is 12.6 Å². The van der Waals surface area contributed by atoms with Crippen LogP contribution in [0.2, 0.25) is 0 Å². The summed E-state index contributed by atoms with van der Waals surface area (Å²) in [6.07, 6.45) is 0. The molecule has 3 rings (SSSR count). The zero-order chi connectivity index (χ0) is 15.7. The van der Waals surface area contributed by atoms with E-state index in [9.17, 15) is 0 Å². The minimum atomic E-state index is 1.03. The maximum absolute atomic E-state index is 4.70. The normalized spacial score (nSPS) is 10.7. The highest BCUT2D eigenvalue weighted by Crippen LogP contribution is 2.39. The van der Waals surface area contributed by atoms with Gasteiger partial charge in [-0.15, -0.1) is 12.6 Å². The van der Waals surface area contributed by atoms with Crippen molar-refractivity contribution in [3.05, 3.63) is 77.4 Å². The molecule has 0 saturated carbocycles. The van der Waals surface area contributed by atoms with E-state index in [1.165, 1.54) is 38.9 Å². The van der Waals surface area contributed by atoms with Gasteiger partial charge in [0.05, 0.1) is 0 Å². The lowest BCUT2D eigenvalue weighted by Gasteiger charge is -2.17. The third kappa shape index (κ3) is 2.69. The van der Waals surface area contributed by atoms with Gasteiger partial charge >= 0.3 is 0 Å². The molecule has 0 heterocycles. The summed E-state index contributed by atoms with van der Waals surface area (Å²) in [5.74, 6) is 0. The van der Waals surface area contributed by atoms with Crippen LogP contribution in [0.3, 0.4) is 0 Å². The highest BCUT2D eigenvalue weighted by Gasteiger charge is 2.14. The standard InChI is InChI=1S/C21H20S/c1-14-10-12-17(13-11-14)18-8-4-6-15(2)20(18)21-16(3)7-5-9-19(21)22/h4-13,22H,1-3H3. The molecule has 3 aromatic rings. The Hall–Kier alpha value is -1.99. The Morgan fingerprint density at radius 3 is 1.86 bits per heavy atom. The Labute approximate surface area is 138 Å². The molecular weight excluding hydrogens is 284 g/mol. The molecule has 1 heteroatoms. The quantitative estimate of drug-likeness (QED) is 0.533. The second-order valence-corrected chi connectivity index (χ2v) is 6.31. The highest BCUT2D eigenvalue weighted by atomic mass is 32.1. The van der Waals surface area contributed by atoms with Crippen molar-refractivity contribution in [1.82, 2.24) is 0 Å². The third-order valence-corrected chi connectivity index (χ3v) is 4.51. The molecule has 0 saturated heterocycles. The van der Waals surface area contributed by atoms with Crippen molar-refractivity contribution < 1.29 is 0 Å². The Balaban J connectivity index is 2.30. The molecule has 0 aliphatic carbocycles. The molecule has 0 nitrogen and oxygen atoms in total. The Morgan fingerprint density at radius 1 is 0.636 bits per heavy atom. The molecule has 0 aromatic heterocycles. The van der Waals surface area contributed by atoms with Crippen molar-refractivity contribution in [2.75, 3.05) is 0 Å². The maximum Gasteiger partial charge on any atom is 0.0122 e. The zero-order valence-corrected chi connectivity index (χ0v) is 14.1. The Kier molecular flexibility index (Phi) is 4.08. The van der Waals surface area contributed by atoms with Crippen molar-refractivity contribution in [3.63, 3.8) is 0 Å². The van der Waals surface area contributed by atoms with Crippen molar-refractivity contribution in [1.29, 1.82) is 0 Å². The minimum absolute atomic E-state index is 1.03. The lowest BCUT2D eigenvalue weighted by molar-refractivity contribution is 1.33.